The van der Waals surface area contributed by atoms with Crippen molar-refractivity contribution in [1.82, 2.24) is 14.3 Å². The number of carbonyl (C=O) groups is 1. The van der Waals surface area contributed by atoms with Crippen LogP contribution in [0.5, 0.6) is 0 Å². The Balaban J connectivity index is 2.22. The predicted molar refractivity (Wildman–Crippen MR) is 89.5 cm³/mol. The van der Waals surface area contributed by atoms with Crippen molar-refractivity contribution >= 4 is 16.9 Å². The molecule has 0 aliphatic rings. The first kappa shape index (κ1) is 16.0. The molecule has 126 valence electrons. The number of aryl methyl sites for hydroxylation is 2. The molecule has 1 aromatic carbocycles. The average molecular weight is 329 g/mol. The lowest BCUT2D eigenvalue weighted by atomic mass is 10.00. The number of fused-ring (bicyclic) bond motifs is 1. The molecule has 3 rings (SSSR count). The van der Waals surface area contributed by atoms with Crippen molar-refractivity contribution in [3.63, 3.8) is 0 Å². The number of aromatic amines is 1. The number of aromatic nitrogens is 3. The quantitative estimate of drug-likeness (QED) is 0.739. The molecule has 0 saturated heterocycles. The second kappa shape index (κ2) is 5.67. The molecular weight excluding hydrogens is 310 g/mol. The second-order valence-corrected chi connectivity index (χ2v) is 6.34. The first-order chi connectivity index (χ1) is 11.3. The first-order valence-corrected chi connectivity index (χ1v) is 7.73. The van der Waals surface area contributed by atoms with E-state index in [2.05, 4.69) is 5.10 Å². The topological polar surface area (TPSA) is 90.0 Å². The van der Waals surface area contributed by atoms with Crippen LogP contribution in [0.3, 0.4) is 0 Å². The monoisotopic (exact) mass is 329 g/mol. The maximum atomic E-state index is 12.7. The van der Waals surface area contributed by atoms with Gasteiger partial charge in [-0.15, -0.1) is 0 Å². The lowest BCUT2D eigenvalue weighted by molar-refractivity contribution is 0.103. The summed E-state index contributed by atoms with van der Waals surface area (Å²) in [4.78, 5) is 36.8. The number of ketones is 1. The van der Waals surface area contributed by atoms with Gasteiger partial charge in [-0.25, -0.2) is 4.79 Å². The summed E-state index contributed by atoms with van der Waals surface area (Å²) in [5.74, 6) is -0.566. The van der Waals surface area contributed by atoms with Gasteiger partial charge in [0.05, 0.1) is 5.52 Å². The predicted octanol–water partition coefficient (Wildman–Crippen LogP) is 1.82. The zero-order valence-electron chi connectivity index (χ0n) is 14.0. The van der Waals surface area contributed by atoms with Gasteiger partial charge < -0.3 is 9.52 Å². The highest BCUT2D eigenvalue weighted by atomic mass is 16.4. The lowest BCUT2D eigenvalue weighted by Crippen LogP contribution is -2.20. The molecule has 0 fully saturated rings. The van der Waals surface area contributed by atoms with Crippen molar-refractivity contribution in [2.45, 2.75) is 27.3 Å². The SMILES string of the molecule is Cc1c(C(=O)c2c[nH]n(C)c2=O)ccc2oc(=O)n(CC(C)C)c12. The summed E-state index contributed by atoms with van der Waals surface area (Å²) >= 11 is 0. The number of nitrogens with one attached hydrogen (secondary N) is 1. The number of carbonyl (C=O) groups excluding carboxylic acids is 1. The molecule has 0 bridgehead atoms. The van der Waals surface area contributed by atoms with Crippen LogP contribution in [0.4, 0.5) is 0 Å². The van der Waals surface area contributed by atoms with Gasteiger partial charge in [-0.2, -0.15) is 0 Å². The fourth-order valence-electron chi connectivity index (χ4n) is 2.88. The van der Waals surface area contributed by atoms with E-state index in [0.717, 1.165) is 0 Å². The van der Waals surface area contributed by atoms with Crippen LogP contribution in [0.1, 0.15) is 35.3 Å². The third-order valence-corrected chi connectivity index (χ3v) is 4.06. The molecule has 0 saturated carbocycles. The molecule has 7 nitrogen and oxygen atoms in total. The maximum Gasteiger partial charge on any atom is 0.419 e. The van der Waals surface area contributed by atoms with Crippen molar-refractivity contribution in [3.05, 3.63) is 55.9 Å². The molecule has 7 heteroatoms. The zero-order valence-corrected chi connectivity index (χ0v) is 14.0. The third kappa shape index (κ3) is 2.42. The van der Waals surface area contributed by atoms with Crippen LogP contribution >= 0.6 is 0 Å². The minimum atomic E-state index is -0.441. The fourth-order valence-corrected chi connectivity index (χ4v) is 2.88. The van der Waals surface area contributed by atoms with E-state index in [1.165, 1.54) is 10.9 Å². The van der Waals surface area contributed by atoms with Crippen LogP contribution in [-0.2, 0) is 13.6 Å². The molecule has 2 aromatic heterocycles. The van der Waals surface area contributed by atoms with Crippen molar-refractivity contribution < 1.29 is 9.21 Å². The second-order valence-electron chi connectivity index (χ2n) is 6.34. The highest BCUT2D eigenvalue weighted by Gasteiger charge is 2.21. The Bertz CT molecular complexity index is 1050. The molecule has 0 radical (unpaired) electrons. The van der Waals surface area contributed by atoms with Gasteiger partial charge in [-0.1, -0.05) is 13.8 Å². The van der Waals surface area contributed by atoms with E-state index in [1.807, 2.05) is 13.8 Å². The number of hydrogen-bond donors (Lipinski definition) is 1. The number of nitrogens with zero attached hydrogens (tertiary/aromatic N) is 2. The van der Waals surface area contributed by atoms with E-state index in [4.69, 9.17) is 4.42 Å². The summed E-state index contributed by atoms with van der Waals surface area (Å²) in [6, 6.07) is 3.19. The number of benzene rings is 1. The highest BCUT2D eigenvalue weighted by Crippen LogP contribution is 2.23. The Morgan fingerprint density at radius 1 is 1.25 bits per heavy atom. The van der Waals surface area contributed by atoms with E-state index in [1.54, 1.807) is 30.7 Å². The standard InChI is InChI=1S/C17H19N3O4/c1-9(2)8-20-14-10(3)11(5-6-13(14)24-17(20)23)15(21)12-7-18-19(4)16(12)22/h5-7,9,18H,8H2,1-4H3. The summed E-state index contributed by atoms with van der Waals surface area (Å²) in [5.41, 5.74) is 1.75. The summed E-state index contributed by atoms with van der Waals surface area (Å²) in [5, 5.41) is 2.70. The summed E-state index contributed by atoms with van der Waals surface area (Å²) < 4.78 is 8.06. The summed E-state index contributed by atoms with van der Waals surface area (Å²) in [6.07, 6.45) is 1.39. The van der Waals surface area contributed by atoms with Gasteiger partial charge in [0, 0.05) is 25.4 Å². The van der Waals surface area contributed by atoms with Crippen molar-refractivity contribution in [1.29, 1.82) is 0 Å². The van der Waals surface area contributed by atoms with E-state index in [9.17, 15) is 14.4 Å². The number of rotatable bonds is 4. The molecule has 0 atom stereocenters. The van der Waals surface area contributed by atoms with E-state index in [0.29, 0.717) is 28.8 Å². The first-order valence-electron chi connectivity index (χ1n) is 7.73. The highest BCUT2D eigenvalue weighted by molar-refractivity contribution is 6.11. The van der Waals surface area contributed by atoms with Crippen LogP contribution in [0.2, 0.25) is 0 Å². The Morgan fingerprint density at radius 2 is 1.96 bits per heavy atom. The van der Waals surface area contributed by atoms with Gasteiger partial charge >= 0.3 is 5.76 Å². The van der Waals surface area contributed by atoms with Crippen LogP contribution < -0.4 is 11.3 Å². The zero-order chi connectivity index (χ0) is 17.6. The molecule has 2 heterocycles. The van der Waals surface area contributed by atoms with Crippen LogP contribution in [0.25, 0.3) is 11.1 Å². The Morgan fingerprint density at radius 3 is 2.54 bits per heavy atom. The van der Waals surface area contributed by atoms with Crippen molar-refractivity contribution in [2.75, 3.05) is 0 Å². The summed E-state index contributed by atoms with van der Waals surface area (Å²) in [7, 11) is 1.55. The molecule has 0 aliphatic carbocycles. The normalized spacial score (nSPS) is 11.5. The van der Waals surface area contributed by atoms with Gasteiger partial charge in [0.25, 0.3) is 5.56 Å². The van der Waals surface area contributed by atoms with Gasteiger partial charge in [-0.05, 0) is 30.5 Å². The minimum absolute atomic E-state index is 0.0706. The van der Waals surface area contributed by atoms with Crippen LogP contribution in [-0.4, -0.2) is 20.1 Å². The molecule has 24 heavy (non-hydrogen) atoms. The molecular formula is C17H19N3O4. The number of H-pyrrole nitrogens is 1. The maximum absolute atomic E-state index is 12.7. The third-order valence-electron chi connectivity index (χ3n) is 4.06. The fraction of sp³-hybridized carbons (Fsp3) is 0.353. The Labute approximate surface area is 137 Å². The van der Waals surface area contributed by atoms with Gasteiger partial charge in [0.15, 0.2) is 5.58 Å². The number of hydrogen-bond acceptors (Lipinski definition) is 4. The average Bonchev–Trinajstić information content (AvgIpc) is 3.00. The largest absolute Gasteiger partial charge is 0.419 e. The molecule has 0 unspecified atom stereocenters. The molecule has 0 amide bonds. The lowest BCUT2D eigenvalue weighted by Gasteiger charge is -2.09. The van der Waals surface area contributed by atoms with Crippen LogP contribution in [0.15, 0.2) is 32.3 Å². The minimum Gasteiger partial charge on any atom is -0.408 e. The van der Waals surface area contributed by atoms with Crippen molar-refractivity contribution in [2.24, 2.45) is 13.0 Å². The Kier molecular flexibility index (Phi) is 3.79. The van der Waals surface area contributed by atoms with E-state index >= 15 is 0 Å². The van der Waals surface area contributed by atoms with Crippen LogP contribution in [0, 0.1) is 12.8 Å². The smallest absolute Gasteiger partial charge is 0.408 e. The van der Waals surface area contributed by atoms with Gasteiger partial charge in [0.2, 0.25) is 5.78 Å². The Hall–Kier alpha value is -2.83. The molecule has 3 aromatic rings. The van der Waals surface area contributed by atoms with E-state index < -0.39 is 5.76 Å². The van der Waals surface area contributed by atoms with Gasteiger partial charge in [-0.3, -0.25) is 18.8 Å². The van der Waals surface area contributed by atoms with Gasteiger partial charge in [0.1, 0.15) is 5.56 Å². The van der Waals surface area contributed by atoms with E-state index in [-0.39, 0.29) is 22.8 Å². The molecule has 0 spiro atoms. The van der Waals surface area contributed by atoms with Crippen molar-refractivity contribution in [3.8, 4) is 0 Å². The number of oxazole rings is 1. The molecule has 0 aliphatic heterocycles. The molecule has 1 N–H and O–H groups in total. The summed E-state index contributed by atoms with van der Waals surface area (Å²) in [6.45, 7) is 6.26.